The van der Waals surface area contributed by atoms with Crippen LogP contribution in [0.3, 0.4) is 0 Å². The fraction of sp³-hybridized carbons (Fsp3) is 0.417. The first-order chi connectivity index (χ1) is 8.56. The lowest BCUT2D eigenvalue weighted by atomic mass is 10.2. The van der Waals surface area contributed by atoms with Crippen LogP contribution in [0.2, 0.25) is 8.67 Å². The van der Waals surface area contributed by atoms with Gasteiger partial charge in [-0.2, -0.15) is 0 Å². The van der Waals surface area contributed by atoms with Gasteiger partial charge in [-0.15, -0.1) is 22.7 Å². The molecular formula is C12H14Cl2N2S2. The lowest BCUT2D eigenvalue weighted by molar-refractivity contribution is 0.576. The highest BCUT2D eigenvalue weighted by Gasteiger charge is 2.12. The number of nitrogens with one attached hydrogen (secondary N) is 1. The van der Waals surface area contributed by atoms with Crippen LogP contribution < -0.4 is 5.32 Å². The molecule has 0 saturated heterocycles. The van der Waals surface area contributed by atoms with E-state index in [-0.39, 0.29) is 6.04 Å². The Kier molecular flexibility index (Phi) is 5.04. The van der Waals surface area contributed by atoms with E-state index in [1.807, 2.05) is 13.0 Å². The monoisotopic (exact) mass is 320 g/mol. The van der Waals surface area contributed by atoms with E-state index in [2.05, 4.69) is 22.6 Å². The average Bonchev–Trinajstić information content (AvgIpc) is 2.85. The van der Waals surface area contributed by atoms with Gasteiger partial charge in [-0.1, -0.05) is 23.2 Å². The fourth-order valence-corrected chi connectivity index (χ4v) is 3.99. The number of thiazole rings is 1. The summed E-state index contributed by atoms with van der Waals surface area (Å²) < 4.78 is 1.50. The van der Waals surface area contributed by atoms with Crippen LogP contribution in [0.1, 0.15) is 29.2 Å². The first-order valence-corrected chi connectivity index (χ1v) is 8.10. The third-order valence-electron chi connectivity index (χ3n) is 2.65. The number of aryl methyl sites for hydroxylation is 1. The molecule has 1 unspecified atom stereocenters. The van der Waals surface area contributed by atoms with E-state index in [0.717, 1.165) is 37.9 Å². The highest BCUT2D eigenvalue weighted by atomic mass is 35.5. The van der Waals surface area contributed by atoms with Gasteiger partial charge in [-0.3, -0.25) is 0 Å². The number of hydrogen-bond acceptors (Lipinski definition) is 4. The number of thiophene rings is 1. The van der Waals surface area contributed by atoms with Crippen molar-refractivity contribution >= 4 is 45.9 Å². The first kappa shape index (κ1) is 14.3. The molecule has 0 aliphatic carbocycles. The van der Waals surface area contributed by atoms with Gasteiger partial charge in [-0.25, -0.2) is 4.98 Å². The Morgan fingerprint density at radius 3 is 2.78 bits per heavy atom. The largest absolute Gasteiger partial charge is 0.310 e. The van der Waals surface area contributed by atoms with E-state index in [0.29, 0.717) is 0 Å². The van der Waals surface area contributed by atoms with Crippen LogP contribution in [-0.2, 0) is 6.42 Å². The van der Waals surface area contributed by atoms with Crippen LogP contribution in [-0.4, -0.2) is 11.5 Å². The number of hydrogen-bond donors (Lipinski definition) is 1. The zero-order valence-electron chi connectivity index (χ0n) is 10.2. The maximum Gasteiger partial charge on any atom is 0.0991 e. The normalized spacial score (nSPS) is 12.9. The van der Waals surface area contributed by atoms with Crippen molar-refractivity contribution in [1.29, 1.82) is 0 Å². The van der Waals surface area contributed by atoms with Crippen molar-refractivity contribution in [1.82, 2.24) is 10.3 Å². The molecule has 0 spiro atoms. The Morgan fingerprint density at radius 2 is 2.22 bits per heavy atom. The van der Waals surface area contributed by atoms with E-state index >= 15 is 0 Å². The quantitative estimate of drug-likeness (QED) is 0.862. The molecule has 2 heterocycles. The lowest BCUT2D eigenvalue weighted by Crippen LogP contribution is -2.21. The van der Waals surface area contributed by atoms with Gasteiger partial charge in [0.25, 0.3) is 0 Å². The van der Waals surface area contributed by atoms with Crippen molar-refractivity contribution in [3.05, 3.63) is 36.4 Å². The van der Waals surface area contributed by atoms with Crippen LogP contribution >= 0.6 is 45.9 Å². The number of halogens is 2. The Labute approximate surface area is 125 Å². The molecule has 2 rings (SSSR count). The Hall–Kier alpha value is -0.130. The summed E-state index contributed by atoms with van der Waals surface area (Å²) in [4.78, 5) is 4.44. The summed E-state index contributed by atoms with van der Waals surface area (Å²) in [6.45, 7) is 5.00. The van der Waals surface area contributed by atoms with Crippen molar-refractivity contribution in [3.8, 4) is 0 Å². The highest BCUT2D eigenvalue weighted by molar-refractivity contribution is 7.20. The summed E-state index contributed by atoms with van der Waals surface area (Å²) in [5, 5.41) is 6.66. The summed E-state index contributed by atoms with van der Waals surface area (Å²) in [5.41, 5.74) is 2.22. The van der Waals surface area contributed by atoms with Crippen LogP contribution in [0.15, 0.2) is 11.4 Å². The minimum Gasteiger partial charge on any atom is -0.310 e. The maximum atomic E-state index is 6.12. The van der Waals surface area contributed by atoms with Gasteiger partial charge in [0, 0.05) is 24.4 Å². The summed E-state index contributed by atoms with van der Waals surface area (Å²) >= 11 is 15.2. The molecule has 1 atom stereocenters. The van der Waals surface area contributed by atoms with Crippen molar-refractivity contribution < 1.29 is 0 Å². The fourth-order valence-electron chi connectivity index (χ4n) is 1.70. The third kappa shape index (κ3) is 3.68. The van der Waals surface area contributed by atoms with Gasteiger partial charge in [0.2, 0.25) is 0 Å². The molecule has 1 N–H and O–H groups in total. The maximum absolute atomic E-state index is 6.12. The highest BCUT2D eigenvalue weighted by Crippen LogP contribution is 2.34. The Bertz CT molecular complexity index is 522. The summed E-state index contributed by atoms with van der Waals surface area (Å²) in [5.74, 6) is 0. The summed E-state index contributed by atoms with van der Waals surface area (Å²) in [7, 11) is 0. The molecule has 2 aromatic heterocycles. The van der Waals surface area contributed by atoms with Crippen LogP contribution in [0, 0.1) is 6.92 Å². The molecule has 2 nitrogen and oxygen atoms in total. The number of aromatic nitrogens is 1. The van der Waals surface area contributed by atoms with Crippen LogP contribution in [0.25, 0.3) is 0 Å². The zero-order valence-corrected chi connectivity index (χ0v) is 13.3. The Morgan fingerprint density at radius 1 is 1.44 bits per heavy atom. The van der Waals surface area contributed by atoms with E-state index in [9.17, 15) is 0 Å². The standard InChI is InChI=1S/C12H14Cl2N2S2/c1-7(10-5-11(13)18-12(10)14)15-4-3-9-6-17-8(2)16-9/h5-7,15H,3-4H2,1-2H3. The second-order valence-electron chi connectivity index (χ2n) is 4.06. The van der Waals surface area contributed by atoms with Crippen molar-refractivity contribution in [2.45, 2.75) is 26.3 Å². The summed E-state index contributed by atoms with van der Waals surface area (Å²) in [6, 6.07) is 2.14. The second kappa shape index (κ2) is 6.35. The zero-order chi connectivity index (χ0) is 13.1. The molecule has 6 heteroatoms. The van der Waals surface area contributed by atoms with E-state index in [1.165, 1.54) is 11.3 Å². The van der Waals surface area contributed by atoms with Crippen molar-refractivity contribution in [2.24, 2.45) is 0 Å². The Balaban J connectivity index is 1.85. The first-order valence-electron chi connectivity index (χ1n) is 5.65. The topological polar surface area (TPSA) is 24.9 Å². The number of rotatable bonds is 5. The molecular weight excluding hydrogens is 307 g/mol. The molecule has 0 amide bonds. The lowest BCUT2D eigenvalue weighted by Gasteiger charge is -2.12. The van der Waals surface area contributed by atoms with Gasteiger partial charge >= 0.3 is 0 Å². The minimum absolute atomic E-state index is 0.209. The summed E-state index contributed by atoms with van der Waals surface area (Å²) in [6.07, 6.45) is 0.935. The SMILES string of the molecule is Cc1nc(CCNC(C)c2cc(Cl)sc2Cl)cs1. The number of nitrogens with zero attached hydrogens (tertiary/aromatic N) is 1. The van der Waals surface area contributed by atoms with Crippen molar-refractivity contribution in [2.75, 3.05) is 6.54 Å². The van der Waals surface area contributed by atoms with Crippen LogP contribution in [0.5, 0.6) is 0 Å². The second-order valence-corrected chi connectivity index (χ2v) is 7.41. The minimum atomic E-state index is 0.209. The average molecular weight is 321 g/mol. The van der Waals surface area contributed by atoms with Gasteiger partial charge in [0.05, 0.1) is 19.4 Å². The van der Waals surface area contributed by atoms with Crippen LogP contribution in [0.4, 0.5) is 0 Å². The molecule has 0 fully saturated rings. The molecule has 0 aliphatic rings. The molecule has 0 saturated carbocycles. The molecule has 0 aliphatic heterocycles. The molecule has 0 aromatic carbocycles. The third-order valence-corrected chi connectivity index (χ3v) is 4.99. The van der Waals surface area contributed by atoms with Gasteiger partial charge in [0.15, 0.2) is 0 Å². The molecule has 0 bridgehead atoms. The predicted octanol–water partition coefficient (Wildman–Crippen LogP) is 4.71. The molecule has 0 radical (unpaired) electrons. The van der Waals surface area contributed by atoms with Crippen molar-refractivity contribution in [3.63, 3.8) is 0 Å². The van der Waals surface area contributed by atoms with E-state index < -0.39 is 0 Å². The molecule has 98 valence electrons. The van der Waals surface area contributed by atoms with Gasteiger partial charge < -0.3 is 5.32 Å². The van der Waals surface area contributed by atoms with E-state index in [4.69, 9.17) is 23.2 Å². The predicted molar refractivity (Wildman–Crippen MR) is 81.3 cm³/mol. The molecule has 2 aromatic rings. The van der Waals surface area contributed by atoms with Gasteiger partial charge in [0.1, 0.15) is 0 Å². The molecule has 18 heavy (non-hydrogen) atoms. The smallest absolute Gasteiger partial charge is 0.0991 e. The van der Waals surface area contributed by atoms with E-state index in [1.54, 1.807) is 11.3 Å². The van der Waals surface area contributed by atoms with Gasteiger partial charge in [-0.05, 0) is 25.5 Å².